The number of halogens is 1. The van der Waals surface area contributed by atoms with E-state index in [1.165, 1.54) is 12.1 Å². The lowest BCUT2D eigenvalue weighted by Gasteiger charge is -2.33. The molecule has 1 unspecified atom stereocenters. The molecule has 1 aliphatic rings. The Kier molecular flexibility index (Phi) is 5.81. The fourth-order valence-corrected chi connectivity index (χ4v) is 4.26. The summed E-state index contributed by atoms with van der Waals surface area (Å²) in [6.07, 6.45) is 2.48. The minimum atomic E-state index is -0.207. The van der Waals surface area contributed by atoms with Gasteiger partial charge < -0.3 is 5.32 Å². The van der Waals surface area contributed by atoms with Gasteiger partial charge in [0.15, 0.2) is 0 Å². The highest BCUT2D eigenvalue weighted by Gasteiger charge is 2.22. The van der Waals surface area contributed by atoms with Gasteiger partial charge in [-0.15, -0.1) is 11.3 Å². The van der Waals surface area contributed by atoms with Gasteiger partial charge in [-0.3, -0.25) is 9.69 Å². The molecule has 1 aliphatic heterocycles. The Balaban J connectivity index is 1.51. The van der Waals surface area contributed by atoms with Crippen LogP contribution in [-0.2, 0) is 17.8 Å². The number of benzene rings is 1. The van der Waals surface area contributed by atoms with Crippen LogP contribution in [0.5, 0.6) is 0 Å². The van der Waals surface area contributed by atoms with Crippen LogP contribution >= 0.6 is 11.3 Å². The number of hydrogen-bond donors (Lipinski definition) is 1. The molecule has 1 aromatic heterocycles. The lowest BCUT2D eigenvalue weighted by Crippen LogP contribution is -2.47. The van der Waals surface area contributed by atoms with Crippen LogP contribution in [0.1, 0.15) is 34.0 Å². The summed E-state index contributed by atoms with van der Waals surface area (Å²) < 4.78 is 13.0. The monoisotopic (exact) mass is 361 g/mol. The number of hydrogen-bond acceptors (Lipinski definition) is 4. The maximum atomic E-state index is 13.0. The molecular formula is C19H24FN3OS. The normalized spacial score (nSPS) is 18.3. The highest BCUT2D eigenvalue weighted by Crippen LogP contribution is 2.18. The van der Waals surface area contributed by atoms with Crippen LogP contribution in [-0.4, -0.2) is 34.9 Å². The van der Waals surface area contributed by atoms with Crippen molar-refractivity contribution in [2.45, 2.75) is 45.7 Å². The van der Waals surface area contributed by atoms with Crippen LogP contribution in [0.25, 0.3) is 0 Å². The molecule has 2 aromatic rings. The van der Waals surface area contributed by atoms with Crippen LogP contribution < -0.4 is 5.32 Å². The maximum Gasteiger partial charge on any atom is 0.225 e. The van der Waals surface area contributed by atoms with Gasteiger partial charge in [-0.1, -0.05) is 12.1 Å². The van der Waals surface area contributed by atoms with Gasteiger partial charge in [-0.2, -0.15) is 0 Å². The van der Waals surface area contributed by atoms with E-state index in [0.29, 0.717) is 6.42 Å². The third kappa shape index (κ3) is 5.09. The van der Waals surface area contributed by atoms with Crippen molar-refractivity contribution in [1.29, 1.82) is 0 Å². The van der Waals surface area contributed by atoms with Crippen molar-refractivity contribution in [1.82, 2.24) is 15.2 Å². The molecule has 6 heteroatoms. The molecule has 1 N–H and O–H groups in total. The summed E-state index contributed by atoms with van der Waals surface area (Å²) in [7, 11) is 0. The van der Waals surface area contributed by atoms with E-state index in [1.807, 2.05) is 26.0 Å². The van der Waals surface area contributed by atoms with Crippen LogP contribution in [0.15, 0.2) is 24.3 Å². The average molecular weight is 361 g/mol. The SMILES string of the molecule is Cc1nc(C)c(CC(=O)NC2CCCN(Cc3ccc(F)cc3)C2)s1. The Morgan fingerprint density at radius 3 is 2.80 bits per heavy atom. The third-order valence-electron chi connectivity index (χ3n) is 4.51. The number of aromatic nitrogens is 1. The van der Waals surface area contributed by atoms with Crippen LogP contribution in [0.3, 0.4) is 0 Å². The summed E-state index contributed by atoms with van der Waals surface area (Å²) >= 11 is 1.60. The van der Waals surface area contributed by atoms with Crippen LogP contribution in [0.2, 0.25) is 0 Å². The summed E-state index contributed by atoms with van der Waals surface area (Å²) in [4.78, 5) is 20.1. The first kappa shape index (κ1) is 18.0. The fraction of sp³-hybridized carbons (Fsp3) is 0.474. The van der Waals surface area contributed by atoms with E-state index in [-0.39, 0.29) is 17.8 Å². The van der Waals surface area contributed by atoms with Gasteiger partial charge in [0.1, 0.15) is 5.82 Å². The summed E-state index contributed by atoms with van der Waals surface area (Å²) in [6.45, 7) is 6.56. The van der Waals surface area contributed by atoms with Gasteiger partial charge in [0, 0.05) is 24.0 Å². The molecule has 1 amide bonds. The van der Waals surface area contributed by atoms with Gasteiger partial charge in [0.2, 0.25) is 5.91 Å². The number of carbonyl (C=O) groups is 1. The number of piperidine rings is 1. The second kappa shape index (κ2) is 8.06. The minimum absolute atomic E-state index is 0.0698. The molecule has 134 valence electrons. The average Bonchev–Trinajstić information content (AvgIpc) is 2.87. The van der Waals surface area contributed by atoms with E-state index in [4.69, 9.17) is 0 Å². The van der Waals surface area contributed by atoms with E-state index in [9.17, 15) is 9.18 Å². The first-order valence-corrected chi connectivity index (χ1v) is 9.50. The van der Waals surface area contributed by atoms with Gasteiger partial charge in [-0.05, 0) is 50.9 Å². The van der Waals surface area contributed by atoms with Crippen molar-refractivity contribution in [3.05, 3.63) is 51.2 Å². The number of amides is 1. The van der Waals surface area contributed by atoms with E-state index >= 15 is 0 Å². The van der Waals surface area contributed by atoms with Crippen molar-refractivity contribution in [2.24, 2.45) is 0 Å². The summed E-state index contributed by atoms with van der Waals surface area (Å²) in [5, 5.41) is 4.17. The molecular weight excluding hydrogens is 337 g/mol. The predicted octanol–water partition coefficient (Wildman–Crippen LogP) is 3.22. The highest BCUT2D eigenvalue weighted by molar-refractivity contribution is 7.11. The van der Waals surface area contributed by atoms with Crippen molar-refractivity contribution >= 4 is 17.2 Å². The second-order valence-corrected chi connectivity index (χ2v) is 7.97. The van der Waals surface area contributed by atoms with Crippen molar-refractivity contribution in [2.75, 3.05) is 13.1 Å². The summed E-state index contributed by atoms with van der Waals surface area (Å²) in [5.41, 5.74) is 2.06. The molecule has 0 aliphatic carbocycles. The Morgan fingerprint density at radius 2 is 2.12 bits per heavy atom. The number of rotatable bonds is 5. The largest absolute Gasteiger partial charge is 0.352 e. The molecule has 0 bridgehead atoms. The number of nitrogens with zero attached hydrogens (tertiary/aromatic N) is 2. The van der Waals surface area contributed by atoms with E-state index in [0.717, 1.165) is 53.6 Å². The van der Waals surface area contributed by atoms with Crippen LogP contribution in [0.4, 0.5) is 4.39 Å². The summed E-state index contributed by atoms with van der Waals surface area (Å²) in [5.74, 6) is -0.137. The Bertz CT molecular complexity index is 729. The first-order valence-electron chi connectivity index (χ1n) is 8.68. The fourth-order valence-electron chi connectivity index (χ4n) is 3.33. The van der Waals surface area contributed by atoms with E-state index < -0.39 is 0 Å². The zero-order chi connectivity index (χ0) is 17.8. The molecule has 1 aromatic carbocycles. The zero-order valence-electron chi connectivity index (χ0n) is 14.7. The van der Waals surface area contributed by atoms with E-state index in [1.54, 1.807) is 11.3 Å². The van der Waals surface area contributed by atoms with E-state index in [2.05, 4.69) is 15.2 Å². The number of thiazole rings is 1. The molecule has 1 atom stereocenters. The molecule has 1 fully saturated rings. The first-order chi connectivity index (χ1) is 12.0. The lowest BCUT2D eigenvalue weighted by molar-refractivity contribution is -0.121. The standard InChI is InChI=1S/C19H24FN3OS/c1-13-18(25-14(2)21-13)10-19(24)22-17-4-3-9-23(12-17)11-15-5-7-16(20)8-6-15/h5-8,17H,3-4,9-12H2,1-2H3,(H,22,24). The molecule has 0 spiro atoms. The predicted molar refractivity (Wildman–Crippen MR) is 98.1 cm³/mol. The molecule has 3 rings (SSSR count). The van der Waals surface area contributed by atoms with Crippen molar-refractivity contribution in [3.63, 3.8) is 0 Å². The topological polar surface area (TPSA) is 45.2 Å². The molecule has 0 radical (unpaired) electrons. The smallest absolute Gasteiger partial charge is 0.225 e. The zero-order valence-corrected chi connectivity index (χ0v) is 15.5. The molecule has 4 nitrogen and oxygen atoms in total. The number of likely N-dealkylation sites (tertiary alicyclic amines) is 1. The second-order valence-electron chi connectivity index (χ2n) is 6.69. The third-order valence-corrected chi connectivity index (χ3v) is 5.58. The van der Waals surface area contributed by atoms with Crippen LogP contribution in [0, 0.1) is 19.7 Å². The lowest BCUT2D eigenvalue weighted by atomic mass is 10.0. The molecule has 25 heavy (non-hydrogen) atoms. The summed E-state index contributed by atoms with van der Waals surface area (Å²) in [6, 6.07) is 6.82. The van der Waals surface area contributed by atoms with Gasteiger partial charge in [-0.25, -0.2) is 9.37 Å². The Hall–Kier alpha value is -1.79. The highest BCUT2D eigenvalue weighted by atomic mass is 32.1. The maximum absolute atomic E-state index is 13.0. The molecule has 2 heterocycles. The van der Waals surface area contributed by atoms with Gasteiger partial charge in [0.25, 0.3) is 0 Å². The van der Waals surface area contributed by atoms with Gasteiger partial charge >= 0.3 is 0 Å². The number of carbonyl (C=O) groups excluding carboxylic acids is 1. The van der Waals surface area contributed by atoms with Crippen molar-refractivity contribution < 1.29 is 9.18 Å². The molecule has 1 saturated heterocycles. The number of nitrogens with one attached hydrogen (secondary N) is 1. The quantitative estimate of drug-likeness (QED) is 0.889. The van der Waals surface area contributed by atoms with Crippen molar-refractivity contribution in [3.8, 4) is 0 Å². The minimum Gasteiger partial charge on any atom is -0.352 e. The van der Waals surface area contributed by atoms with Gasteiger partial charge in [0.05, 0.1) is 17.1 Å². The Labute approximate surface area is 152 Å². The number of aryl methyl sites for hydroxylation is 2. The molecule has 0 saturated carbocycles. The Morgan fingerprint density at radius 1 is 1.36 bits per heavy atom.